The number of rotatable bonds is 12. The highest BCUT2D eigenvalue weighted by Crippen LogP contribution is 2.24. The summed E-state index contributed by atoms with van der Waals surface area (Å²) < 4.78 is 5.30. The molecule has 1 aromatic carbocycles. The van der Waals surface area contributed by atoms with Crippen molar-refractivity contribution in [2.75, 3.05) is 13.7 Å². The number of methoxy groups -OCH3 is 1. The van der Waals surface area contributed by atoms with E-state index in [1.807, 2.05) is 31.3 Å². The Kier molecular flexibility index (Phi) is 8.36. The summed E-state index contributed by atoms with van der Waals surface area (Å²) >= 11 is 0. The molecule has 0 bridgehead atoms. The highest BCUT2D eigenvalue weighted by molar-refractivity contribution is 6.04. The minimum atomic E-state index is -0.650. The number of carbonyl (C=O) groups excluding carboxylic acids is 3. The van der Waals surface area contributed by atoms with Crippen molar-refractivity contribution in [1.29, 1.82) is 0 Å². The lowest BCUT2D eigenvalue weighted by Crippen LogP contribution is -2.35. The van der Waals surface area contributed by atoms with Crippen molar-refractivity contribution in [3.05, 3.63) is 30.0 Å². The minimum Gasteiger partial charge on any atom is -0.497 e. The predicted octanol–water partition coefficient (Wildman–Crippen LogP) is 3.75. The summed E-state index contributed by atoms with van der Waals surface area (Å²) in [5, 5.41) is 6.73. The van der Waals surface area contributed by atoms with Crippen LogP contribution in [-0.4, -0.2) is 53.5 Å². The van der Waals surface area contributed by atoms with Crippen molar-refractivity contribution in [3.8, 4) is 5.75 Å². The molecule has 0 saturated carbocycles. The van der Waals surface area contributed by atoms with Crippen molar-refractivity contribution in [2.24, 2.45) is 5.92 Å². The third-order valence-electron chi connectivity index (χ3n) is 6.17. The van der Waals surface area contributed by atoms with Crippen LogP contribution in [0.25, 0.3) is 10.9 Å². The number of H-pyrrole nitrogens is 1. The fourth-order valence-corrected chi connectivity index (χ4v) is 4.23. The Balaban J connectivity index is 1.47. The lowest BCUT2D eigenvalue weighted by molar-refractivity contribution is -0.127. The molecule has 1 saturated heterocycles. The van der Waals surface area contributed by atoms with Crippen LogP contribution in [-0.2, 0) is 16.0 Å². The van der Waals surface area contributed by atoms with E-state index < -0.39 is 12.1 Å². The largest absolute Gasteiger partial charge is 0.497 e. The molecule has 2 heterocycles. The van der Waals surface area contributed by atoms with Gasteiger partial charge in [0.1, 0.15) is 11.8 Å². The number of ether oxygens (including phenoxy) is 1. The first-order valence-corrected chi connectivity index (χ1v) is 11.8. The summed E-state index contributed by atoms with van der Waals surface area (Å²) in [6.45, 7) is 6.67. The monoisotopic (exact) mass is 456 g/mol. The van der Waals surface area contributed by atoms with Crippen molar-refractivity contribution in [1.82, 2.24) is 20.5 Å². The first-order chi connectivity index (χ1) is 15.8. The van der Waals surface area contributed by atoms with Crippen LogP contribution < -0.4 is 15.4 Å². The number of hydrogen-bond acceptors (Lipinski definition) is 4. The minimum absolute atomic E-state index is 0.0831. The number of aromatic amines is 1. The van der Waals surface area contributed by atoms with Gasteiger partial charge in [-0.15, -0.1) is 0 Å². The van der Waals surface area contributed by atoms with E-state index in [0.717, 1.165) is 41.5 Å². The van der Waals surface area contributed by atoms with Crippen molar-refractivity contribution in [3.63, 3.8) is 0 Å². The number of imide groups is 1. The van der Waals surface area contributed by atoms with Gasteiger partial charge in [-0.1, -0.05) is 26.7 Å². The molecule has 2 aromatic rings. The van der Waals surface area contributed by atoms with E-state index in [0.29, 0.717) is 18.8 Å². The predicted molar refractivity (Wildman–Crippen MR) is 128 cm³/mol. The average molecular weight is 457 g/mol. The van der Waals surface area contributed by atoms with Crippen LogP contribution in [0.1, 0.15) is 58.4 Å². The molecule has 0 radical (unpaired) electrons. The van der Waals surface area contributed by atoms with E-state index in [2.05, 4.69) is 29.5 Å². The Labute approximate surface area is 195 Å². The standard InChI is InChI=1S/C25H36N4O4/c1-16(2)6-5-7-17(3)27-23(30)11-10-22-24(31)29(25(32)28-22)13-12-18-15-26-21-9-8-19(33-4)14-20(18)21/h8-9,14-17,22,26H,5-7,10-13H2,1-4H3,(H,27,30)(H,28,32)/t17-,22-/m1/s1. The van der Waals surface area contributed by atoms with Crippen LogP contribution >= 0.6 is 0 Å². The summed E-state index contributed by atoms with van der Waals surface area (Å²) in [5.74, 6) is 1.06. The molecule has 1 aliphatic rings. The number of aromatic nitrogens is 1. The molecule has 33 heavy (non-hydrogen) atoms. The number of nitrogens with zero attached hydrogens (tertiary/aromatic N) is 1. The molecule has 180 valence electrons. The van der Waals surface area contributed by atoms with Gasteiger partial charge < -0.3 is 20.4 Å². The fraction of sp³-hybridized carbons (Fsp3) is 0.560. The Bertz CT molecular complexity index is 984. The molecular formula is C25H36N4O4. The van der Waals surface area contributed by atoms with Crippen LogP contribution in [0.4, 0.5) is 4.79 Å². The second-order valence-corrected chi connectivity index (χ2v) is 9.30. The quantitative estimate of drug-likeness (QED) is 0.423. The molecule has 8 heteroatoms. The second-order valence-electron chi connectivity index (χ2n) is 9.30. The van der Waals surface area contributed by atoms with E-state index in [4.69, 9.17) is 4.74 Å². The Morgan fingerprint density at radius 2 is 2.00 bits per heavy atom. The van der Waals surface area contributed by atoms with Gasteiger partial charge in [0.15, 0.2) is 0 Å². The number of hydrogen-bond donors (Lipinski definition) is 3. The van der Waals surface area contributed by atoms with Gasteiger partial charge in [-0.25, -0.2) is 4.79 Å². The van der Waals surface area contributed by atoms with Crippen molar-refractivity contribution >= 4 is 28.7 Å². The highest BCUT2D eigenvalue weighted by Gasteiger charge is 2.37. The molecular weight excluding hydrogens is 420 g/mol. The van der Waals surface area contributed by atoms with Gasteiger partial charge in [0.25, 0.3) is 5.91 Å². The molecule has 8 nitrogen and oxygen atoms in total. The molecule has 0 unspecified atom stereocenters. The van der Waals surface area contributed by atoms with Gasteiger partial charge >= 0.3 is 6.03 Å². The maximum absolute atomic E-state index is 12.8. The third kappa shape index (κ3) is 6.49. The van der Waals surface area contributed by atoms with E-state index >= 15 is 0 Å². The molecule has 0 aliphatic carbocycles. The van der Waals surface area contributed by atoms with Gasteiger partial charge in [-0.3, -0.25) is 14.5 Å². The molecule has 2 atom stereocenters. The smallest absolute Gasteiger partial charge is 0.324 e. The SMILES string of the molecule is COc1ccc2[nH]cc(CCN3C(=O)N[C@H](CCC(=O)N[C@H](C)CCCC(C)C)C3=O)c2c1. The van der Waals surface area contributed by atoms with Crippen LogP contribution in [0.5, 0.6) is 5.75 Å². The lowest BCUT2D eigenvalue weighted by atomic mass is 10.0. The lowest BCUT2D eigenvalue weighted by Gasteiger charge is -2.15. The van der Waals surface area contributed by atoms with E-state index in [-0.39, 0.29) is 30.8 Å². The summed E-state index contributed by atoms with van der Waals surface area (Å²) in [7, 11) is 1.62. The normalized spacial score (nSPS) is 17.0. The van der Waals surface area contributed by atoms with Crippen molar-refractivity contribution < 1.29 is 19.1 Å². The Morgan fingerprint density at radius 1 is 1.21 bits per heavy atom. The van der Waals surface area contributed by atoms with Gasteiger partial charge in [0, 0.05) is 36.1 Å². The third-order valence-corrected chi connectivity index (χ3v) is 6.17. The first-order valence-electron chi connectivity index (χ1n) is 11.8. The van der Waals surface area contributed by atoms with Gasteiger partial charge in [-0.2, -0.15) is 0 Å². The van der Waals surface area contributed by atoms with Crippen LogP contribution in [0, 0.1) is 5.92 Å². The number of carbonyl (C=O) groups is 3. The van der Waals surface area contributed by atoms with Crippen LogP contribution in [0.2, 0.25) is 0 Å². The Hall–Kier alpha value is -3.03. The summed E-state index contributed by atoms with van der Waals surface area (Å²) in [6, 6.07) is 4.83. The zero-order valence-corrected chi connectivity index (χ0v) is 20.1. The zero-order valence-electron chi connectivity index (χ0n) is 20.1. The zero-order chi connectivity index (χ0) is 24.0. The summed E-state index contributed by atoms with van der Waals surface area (Å²) in [6.07, 6.45) is 6.10. The number of benzene rings is 1. The van der Waals surface area contributed by atoms with E-state index in [1.54, 1.807) is 7.11 Å². The second kappa shape index (κ2) is 11.2. The molecule has 1 fully saturated rings. The number of amides is 4. The number of urea groups is 1. The van der Waals surface area contributed by atoms with E-state index in [9.17, 15) is 14.4 Å². The molecule has 4 amide bonds. The maximum Gasteiger partial charge on any atom is 0.324 e. The molecule has 1 aromatic heterocycles. The van der Waals surface area contributed by atoms with Crippen LogP contribution in [0.3, 0.4) is 0 Å². The fourth-order valence-electron chi connectivity index (χ4n) is 4.23. The summed E-state index contributed by atoms with van der Waals surface area (Å²) in [5.41, 5.74) is 1.99. The first kappa shape index (κ1) is 24.6. The highest BCUT2D eigenvalue weighted by atomic mass is 16.5. The number of fused-ring (bicyclic) bond motifs is 1. The molecule has 1 aliphatic heterocycles. The van der Waals surface area contributed by atoms with Gasteiger partial charge in [0.2, 0.25) is 5.91 Å². The molecule has 0 spiro atoms. The van der Waals surface area contributed by atoms with Gasteiger partial charge in [-0.05, 0) is 55.9 Å². The average Bonchev–Trinajstić information content (AvgIpc) is 3.29. The summed E-state index contributed by atoms with van der Waals surface area (Å²) in [4.78, 5) is 41.9. The molecule has 3 rings (SSSR count). The topological polar surface area (TPSA) is 104 Å². The maximum atomic E-state index is 12.8. The van der Waals surface area contributed by atoms with Crippen molar-refractivity contribution in [2.45, 2.75) is 71.4 Å². The Morgan fingerprint density at radius 3 is 2.73 bits per heavy atom. The molecule has 3 N–H and O–H groups in total. The van der Waals surface area contributed by atoms with E-state index in [1.165, 1.54) is 4.90 Å². The van der Waals surface area contributed by atoms with Gasteiger partial charge in [0.05, 0.1) is 7.11 Å². The van der Waals surface area contributed by atoms with Crippen LogP contribution in [0.15, 0.2) is 24.4 Å². The number of nitrogens with one attached hydrogen (secondary N) is 3.